The van der Waals surface area contributed by atoms with Gasteiger partial charge in [0.2, 0.25) is 0 Å². The molecule has 1 heterocycles. The summed E-state index contributed by atoms with van der Waals surface area (Å²) >= 11 is 5.95. The Balaban J connectivity index is 2.46. The van der Waals surface area contributed by atoms with Crippen LogP contribution >= 0.6 is 11.6 Å². The third-order valence-electron chi connectivity index (χ3n) is 2.44. The minimum Gasteiger partial charge on any atom is -0.374 e. The first-order valence-electron chi connectivity index (χ1n) is 6.47. The minimum atomic E-state index is 0.401. The summed E-state index contributed by atoms with van der Waals surface area (Å²) in [7, 11) is 0. The van der Waals surface area contributed by atoms with E-state index in [1.165, 1.54) is 6.42 Å². The molecular weight excluding hydrogens is 250 g/mol. The van der Waals surface area contributed by atoms with E-state index in [0.717, 1.165) is 24.7 Å². The first-order valence-corrected chi connectivity index (χ1v) is 6.84. The number of nitrogens with zero attached hydrogens (tertiary/aromatic N) is 2. The first-order chi connectivity index (χ1) is 8.61. The molecule has 0 saturated carbocycles. The Hall–Kier alpha value is -0.870. The summed E-state index contributed by atoms with van der Waals surface area (Å²) in [5, 5.41) is 3.72. The van der Waals surface area contributed by atoms with Crippen LogP contribution in [0.1, 0.15) is 39.4 Å². The highest BCUT2D eigenvalue weighted by molar-refractivity contribution is 6.29. The van der Waals surface area contributed by atoms with Gasteiger partial charge in [0, 0.05) is 19.2 Å². The van der Waals surface area contributed by atoms with Gasteiger partial charge < -0.3 is 10.1 Å². The number of hydrogen-bond acceptors (Lipinski definition) is 4. The Morgan fingerprint density at radius 2 is 2.17 bits per heavy atom. The molecule has 0 bridgehead atoms. The van der Waals surface area contributed by atoms with E-state index in [-0.39, 0.29) is 0 Å². The molecule has 0 aliphatic rings. The third kappa shape index (κ3) is 6.17. The molecule has 0 fully saturated rings. The molecule has 0 saturated heterocycles. The molecule has 1 aromatic heterocycles. The molecule has 1 aromatic rings. The van der Waals surface area contributed by atoms with Crippen molar-refractivity contribution in [2.24, 2.45) is 5.92 Å². The summed E-state index contributed by atoms with van der Waals surface area (Å²) in [6.45, 7) is 8.34. The van der Waals surface area contributed by atoms with Crippen molar-refractivity contribution in [3.05, 3.63) is 17.0 Å². The quantitative estimate of drug-likeness (QED) is 0.581. The van der Waals surface area contributed by atoms with Gasteiger partial charge in [0.05, 0.1) is 0 Å². The summed E-state index contributed by atoms with van der Waals surface area (Å²) in [5.41, 5.74) is 0. The fourth-order valence-corrected chi connectivity index (χ4v) is 1.74. The van der Waals surface area contributed by atoms with Gasteiger partial charge in [-0.3, -0.25) is 0 Å². The van der Waals surface area contributed by atoms with Gasteiger partial charge in [-0.1, -0.05) is 25.4 Å². The molecule has 0 atom stereocenters. The second kappa shape index (κ2) is 8.27. The van der Waals surface area contributed by atoms with Crippen molar-refractivity contribution in [1.29, 1.82) is 0 Å². The molecule has 5 heteroatoms. The van der Waals surface area contributed by atoms with Crippen molar-refractivity contribution in [2.45, 2.75) is 40.2 Å². The van der Waals surface area contributed by atoms with Gasteiger partial charge >= 0.3 is 0 Å². The predicted octanol–water partition coefficient (Wildman–Crippen LogP) is 3.51. The number of rotatable bonds is 8. The van der Waals surface area contributed by atoms with Crippen LogP contribution in [-0.2, 0) is 11.3 Å². The Morgan fingerprint density at radius 3 is 2.83 bits per heavy atom. The lowest BCUT2D eigenvalue weighted by atomic mass is 10.1. The highest BCUT2D eigenvalue weighted by atomic mass is 35.5. The van der Waals surface area contributed by atoms with Crippen LogP contribution in [-0.4, -0.2) is 23.1 Å². The Kier molecular flexibility index (Phi) is 6.98. The Bertz CT molecular complexity index is 358. The lowest BCUT2D eigenvalue weighted by Gasteiger charge is -2.09. The van der Waals surface area contributed by atoms with Gasteiger partial charge in [-0.15, -0.1) is 0 Å². The van der Waals surface area contributed by atoms with Crippen molar-refractivity contribution in [2.75, 3.05) is 18.5 Å². The summed E-state index contributed by atoms with van der Waals surface area (Å²) in [6.07, 6.45) is 2.33. The summed E-state index contributed by atoms with van der Waals surface area (Å²) in [5.74, 6) is 2.12. The molecule has 1 N–H and O–H groups in total. The maximum atomic E-state index is 5.95. The van der Waals surface area contributed by atoms with E-state index in [0.29, 0.717) is 24.2 Å². The molecule has 0 unspecified atom stereocenters. The fourth-order valence-electron chi connectivity index (χ4n) is 1.54. The van der Waals surface area contributed by atoms with E-state index < -0.39 is 0 Å². The maximum absolute atomic E-state index is 5.95. The summed E-state index contributed by atoms with van der Waals surface area (Å²) in [6, 6.07) is 1.74. The first kappa shape index (κ1) is 15.2. The molecule has 18 heavy (non-hydrogen) atoms. The van der Waals surface area contributed by atoms with Crippen LogP contribution in [0.5, 0.6) is 0 Å². The number of aromatic nitrogens is 2. The summed E-state index contributed by atoms with van der Waals surface area (Å²) < 4.78 is 5.28. The average molecular weight is 272 g/mol. The third-order valence-corrected chi connectivity index (χ3v) is 2.63. The van der Waals surface area contributed by atoms with E-state index in [9.17, 15) is 0 Å². The minimum absolute atomic E-state index is 0.401. The lowest BCUT2D eigenvalue weighted by molar-refractivity contribution is 0.128. The van der Waals surface area contributed by atoms with Crippen LogP contribution in [0.15, 0.2) is 6.07 Å². The zero-order chi connectivity index (χ0) is 13.4. The topological polar surface area (TPSA) is 47.0 Å². The number of hydrogen-bond donors (Lipinski definition) is 1. The van der Waals surface area contributed by atoms with Gasteiger partial charge in [0.15, 0.2) is 5.82 Å². The van der Waals surface area contributed by atoms with Crippen molar-refractivity contribution in [3.8, 4) is 0 Å². The van der Waals surface area contributed by atoms with E-state index in [4.69, 9.17) is 16.3 Å². The largest absolute Gasteiger partial charge is 0.374 e. The van der Waals surface area contributed by atoms with Crippen molar-refractivity contribution >= 4 is 17.4 Å². The van der Waals surface area contributed by atoms with Crippen LogP contribution < -0.4 is 5.32 Å². The van der Waals surface area contributed by atoms with Crippen molar-refractivity contribution in [1.82, 2.24) is 9.97 Å². The standard InChI is InChI=1S/C13H22ClN3O/c1-4-18-9-13-16-11(14)8-12(17-13)15-7-5-6-10(2)3/h8,10H,4-7,9H2,1-3H3,(H,15,16,17). The predicted molar refractivity (Wildman–Crippen MR) is 74.9 cm³/mol. The molecular formula is C13H22ClN3O. The molecule has 0 spiro atoms. The van der Waals surface area contributed by atoms with Crippen LogP contribution in [0.3, 0.4) is 0 Å². The number of ether oxygens (including phenoxy) is 1. The lowest BCUT2D eigenvalue weighted by Crippen LogP contribution is -2.07. The smallest absolute Gasteiger partial charge is 0.158 e. The molecule has 102 valence electrons. The van der Waals surface area contributed by atoms with Gasteiger partial charge in [-0.2, -0.15) is 0 Å². The zero-order valence-corrected chi connectivity index (χ0v) is 12.1. The highest BCUT2D eigenvalue weighted by Crippen LogP contribution is 2.13. The highest BCUT2D eigenvalue weighted by Gasteiger charge is 2.03. The van der Waals surface area contributed by atoms with E-state index >= 15 is 0 Å². The van der Waals surface area contributed by atoms with Crippen LogP contribution in [0, 0.1) is 5.92 Å². The van der Waals surface area contributed by atoms with Gasteiger partial charge in [0.25, 0.3) is 0 Å². The van der Waals surface area contributed by atoms with Crippen LogP contribution in [0.2, 0.25) is 5.15 Å². The van der Waals surface area contributed by atoms with E-state index in [1.54, 1.807) is 6.07 Å². The van der Waals surface area contributed by atoms with Gasteiger partial charge in [0.1, 0.15) is 17.6 Å². The Labute approximate surface area is 114 Å². The summed E-state index contributed by atoms with van der Waals surface area (Å²) in [4.78, 5) is 8.47. The molecule has 1 rings (SSSR count). The van der Waals surface area contributed by atoms with E-state index in [1.807, 2.05) is 6.92 Å². The van der Waals surface area contributed by atoms with Gasteiger partial charge in [-0.25, -0.2) is 9.97 Å². The molecule has 0 aliphatic carbocycles. The molecule has 0 aliphatic heterocycles. The van der Waals surface area contributed by atoms with E-state index in [2.05, 4.69) is 29.1 Å². The SMILES string of the molecule is CCOCc1nc(Cl)cc(NCCCC(C)C)n1. The van der Waals surface area contributed by atoms with Crippen molar-refractivity contribution in [3.63, 3.8) is 0 Å². The number of anilines is 1. The molecule has 0 aromatic carbocycles. The zero-order valence-electron chi connectivity index (χ0n) is 11.4. The fraction of sp³-hybridized carbons (Fsp3) is 0.692. The monoisotopic (exact) mass is 271 g/mol. The van der Waals surface area contributed by atoms with Crippen molar-refractivity contribution < 1.29 is 4.74 Å². The molecule has 0 radical (unpaired) electrons. The second-order valence-corrected chi connectivity index (χ2v) is 4.98. The van der Waals surface area contributed by atoms with Crippen LogP contribution in [0.25, 0.3) is 0 Å². The maximum Gasteiger partial charge on any atom is 0.158 e. The molecule has 4 nitrogen and oxygen atoms in total. The normalized spacial score (nSPS) is 10.9. The molecule has 0 amide bonds. The Morgan fingerprint density at radius 1 is 1.39 bits per heavy atom. The number of halogens is 1. The average Bonchev–Trinajstić information content (AvgIpc) is 2.31. The van der Waals surface area contributed by atoms with Gasteiger partial charge in [-0.05, 0) is 25.7 Å². The second-order valence-electron chi connectivity index (χ2n) is 4.59. The van der Waals surface area contributed by atoms with Crippen LogP contribution in [0.4, 0.5) is 5.82 Å². The number of nitrogens with one attached hydrogen (secondary N) is 1.